The number of fused-ring (bicyclic) bond motifs is 2. The topological polar surface area (TPSA) is 26.9 Å². The smallest absolute Gasteiger partial charge is 0.207 e. The molecular formula is C14H12N2O. The Balaban J connectivity index is 1.77. The minimum Gasteiger partial charge on any atom is -0.347 e. The number of hydrogen-bond donors (Lipinski definition) is 0. The average molecular weight is 224 g/mol. The van der Waals surface area contributed by atoms with E-state index in [2.05, 4.69) is 22.9 Å². The first-order valence-corrected chi connectivity index (χ1v) is 5.88. The zero-order valence-electron chi connectivity index (χ0n) is 9.39. The second kappa shape index (κ2) is 3.00. The quantitative estimate of drug-likeness (QED) is 0.629. The largest absolute Gasteiger partial charge is 0.347 e. The van der Waals surface area contributed by atoms with Crippen LogP contribution in [0.4, 0.5) is 0 Å². The molecule has 3 nitrogen and oxygen atoms in total. The number of Topliss-reactive ketones (excluding diaryl/α,β-unsaturated/α-hetero) is 1. The maximum atomic E-state index is 12.2. The highest BCUT2D eigenvalue weighted by Crippen LogP contribution is 2.29. The van der Waals surface area contributed by atoms with Crippen molar-refractivity contribution >= 4 is 5.78 Å². The second-order valence-electron chi connectivity index (χ2n) is 4.74. The molecule has 2 aromatic heterocycles. The van der Waals surface area contributed by atoms with E-state index in [9.17, 15) is 4.79 Å². The van der Waals surface area contributed by atoms with Crippen molar-refractivity contribution in [1.82, 2.24) is 9.13 Å². The van der Waals surface area contributed by atoms with Crippen LogP contribution in [0.3, 0.4) is 0 Å². The van der Waals surface area contributed by atoms with Crippen LogP contribution in [0.5, 0.6) is 0 Å². The van der Waals surface area contributed by atoms with Crippen molar-refractivity contribution in [3.8, 4) is 0 Å². The van der Waals surface area contributed by atoms with Gasteiger partial charge in [-0.15, -0.1) is 0 Å². The molecule has 2 aliphatic rings. The van der Waals surface area contributed by atoms with E-state index in [1.54, 1.807) is 0 Å². The maximum absolute atomic E-state index is 12.2. The Morgan fingerprint density at radius 1 is 1.00 bits per heavy atom. The normalized spacial score (nSPS) is 22.0. The first-order chi connectivity index (χ1) is 8.33. The number of aromatic nitrogens is 2. The van der Waals surface area contributed by atoms with E-state index < -0.39 is 0 Å². The summed E-state index contributed by atoms with van der Waals surface area (Å²) in [6.45, 7) is 1.63. The fourth-order valence-electron chi connectivity index (χ4n) is 2.87. The highest BCUT2D eigenvalue weighted by Gasteiger charge is 2.29. The lowest BCUT2D eigenvalue weighted by Gasteiger charge is -2.01. The molecular weight excluding hydrogens is 212 g/mol. The third-order valence-corrected chi connectivity index (χ3v) is 3.77. The number of ketones is 1. The van der Waals surface area contributed by atoms with Gasteiger partial charge in [0.25, 0.3) is 0 Å². The van der Waals surface area contributed by atoms with Crippen molar-refractivity contribution in [2.24, 2.45) is 0 Å². The molecule has 3 heteroatoms. The molecule has 0 atom stereocenters. The van der Waals surface area contributed by atoms with Gasteiger partial charge >= 0.3 is 0 Å². The van der Waals surface area contributed by atoms with Crippen LogP contribution in [-0.4, -0.2) is 14.9 Å². The Morgan fingerprint density at radius 2 is 1.82 bits per heavy atom. The van der Waals surface area contributed by atoms with Crippen molar-refractivity contribution in [2.45, 2.75) is 19.5 Å². The lowest BCUT2D eigenvalue weighted by molar-refractivity contribution is 0.103. The van der Waals surface area contributed by atoms with Crippen molar-refractivity contribution in [2.75, 3.05) is 0 Å². The van der Waals surface area contributed by atoms with E-state index in [0.29, 0.717) is 0 Å². The first-order valence-electron chi connectivity index (χ1n) is 5.88. The molecule has 2 aromatic rings. The highest BCUT2D eigenvalue weighted by atomic mass is 16.1. The number of hydrogen-bond acceptors (Lipinski definition) is 1. The lowest BCUT2D eigenvalue weighted by atomic mass is 10.0. The Labute approximate surface area is 99.0 Å². The molecule has 0 saturated heterocycles. The van der Waals surface area contributed by atoms with Gasteiger partial charge in [-0.1, -0.05) is 0 Å². The third kappa shape index (κ3) is 1.14. The van der Waals surface area contributed by atoms with Crippen LogP contribution in [0.25, 0.3) is 0 Å². The molecule has 0 N–H and O–H groups in total. The van der Waals surface area contributed by atoms with Gasteiger partial charge in [0.15, 0.2) is 0 Å². The van der Waals surface area contributed by atoms with Gasteiger partial charge in [0.1, 0.15) is 0 Å². The Bertz CT molecular complexity index is 635. The van der Waals surface area contributed by atoms with E-state index in [0.717, 1.165) is 30.8 Å². The SMILES string of the molecule is O=C1C(=C2Cc3cccn3C2)Cn2cccc21. The minimum atomic E-state index is 0.218. The van der Waals surface area contributed by atoms with Crippen LogP contribution >= 0.6 is 0 Å². The zero-order valence-corrected chi connectivity index (χ0v) is 9.39. The standard InChI is InChI=1S/C14H12N2O/c17-14-12(9-16-6-2-4-13(14)16)10-7-11-3-1-5-15(11)8-10/h1-6H,7-9H2. The van der Waals surface area contributed by atoms with Gasteiger partial charge in [0, 0.05) is 36.6 Å². The van der Waals surface area contributed by atoms with E-state index in [1.807, 2.05) is 22.9 Å². The molecule has 0 amide bonds. The number of rotatable bonds is 0. The number of carbonyl (C=O) groups excluding carboxylic acids is 1. The van der Waals surface area contributed by atoms with Crippen LogP contribution in [-0.2, 0) is 19.5 Å². The molecule has 0 unspecified atom stereocenters. The molecule has 0 saturated carbocycles. The van der Waals surface area contributed by atoms with Gasteiger partial charge in [-0.3, -0.25) is 4.79 Å². The monoisotopic (exact) mass is 224 g/mol. The van der Waals surface area contributed by atoms with Gasteiger partial charge in [0.2, 0.25) is 5.78 Å². The van der Waals surface area contributed by atoms with Crippen LogP contribution in [0.2, 0.25) is 0 Å². The maximum Gasteiger partial charge on any atom is 0.207 e. The van der Waals surface area contributed by atoms with Crippen molar-refractivity contribution in [1.29, 1.82) is 0 Å². The fraction of sp³-hybridized carbons (Fsp3) is 0.214. The second-order valence-corrected chi connectivity index (χ2v) is 4.74. The summed E-state index contributed by atoms with van der Waals surface area (Å²) in [6.07, 6.45) is 5.00. The summed E-state index contributed by atoms with van der Waals surface area (Å²) < 4.78 is 4.27. The van der Waals surface area contributed by atoms with E-state index in [1.165, 1.54) is 11.3 Å². The Morgan fingerprint density at radius 3 is 2.65 bits per heavy atom. The van der Waals surface area contributed by atoms with Gasteiger partial charge in [-0.25, -0.2) is 0 Å². The number of allylic oxidation sites excluding steroid dienone is 2. The van der Waals surface area contributed by atoms with Crippen LogP contribution in [0, 0.1) is 0 Å². The van der Waals surface area contributed by atoms with E-state index in [-0.39, 0.29) is 5.78 Å². The highest BCUT2D eigenvalue weighted by molar-refractivity contribution is 6.10. The Kier molecular flexibility index (Phi) is 1.60. The summed E-state index contributed by atoms with van der Waals surface area (Å²) in [5.74, 6) is 0.218. The molecule has 0 fully saturated rings. The summed E-state index contributed by atoms with van der Waals surface area (Å²) in [5, 5.41) is 0. The van der Waals surface area contributed by atoms with Gasteiger partial charge < -0.3 is 9.13 Å². The van der Waals surface area contributed by atoms with Crippen molar-refractivity contribution in [3.05, 3.63) is 59.2 Å². The number of nitrogens with zero attached hydrogens (tertiary/aromatic N) is 2. The summed E-state index contributed by atoms with van der Waals surface area (Å²) in [4.78, 5) is 12.2. The molecule has 84 valence electrons. The molecule has 17 heavy (non-hydrogen) atoms. The van der Waals surface area contributed by atoms with Gasteiger partial charge in [-0.05, 0) is 29.8 Å². The summed E-state index contributed by atoms with van der Waals surface area (Å²) in [6, 6.07) is 8.04. The predicted molar refractivity (Wildman–Crippen MR) is 63.9 cm³/mol. The molecule has 2 aliphatic heterocycles. The predicted octanol–water partition coefficient (Wildman–Crippen LogP) is 2.04. The molecule has 0 spiro atoms. The summed E-state index contributed by atoms with van der Waals surface area (Å²) in [7, 11) is 0. The summed E-state index contributed by atoms with van der Waals surface area (Å²) >= 11 is 0. The van der Waals surface area contributed by atoms with E-state index >= 15 is 0 Å². The van der Waals surface area contributed by atoms with Crippen LogP contribution in [0.1, 0.15) is 16.2 Å². The molecule has 0 aromatic carbocycles. The minimum absolute atomic E-state index is 0.218. The van der Waals surface area contributed by atoms with Crippen LogP contribution in [0.15, 0.2) is 47.8 Å². The first kappa shape index (κ1) is 9.05. The lowest BCUT2D eigenvalue weighted by Crippen LogP contribution is -2.02. The Hall–Kier alpha value is -2.03. The molecule has 0 bridgehead atoms. The molecule has 4 heterocycles. The van der Waals surface area contributed by atoms with E-state index in [4.69, 9.17) is 0 Å². The van der Waals surface area contributed by atoms with Crippen molar-refractivity contribution < 1.29 is 4.79 Å². The van der Waals surface area contributed by atoms with Crippen molar-refractivity contribution in [3.63, 3.8) is 0 Å². The summed E-state index contributed by atoms with van der Waals surface area (Å²) in [5.41, 5.74) is 4.44. The fourth-order valence-corrected chi connectivity index (χ4v) is 2.87. The zero-order chi connectivity index (χ0) is 11.4. The average Bonchev–Trinajstić information content (AvgIpc) is 2.98. The molecule has 0 aliphatic carbocycles. The van der Waals surface area contributed by atoms with Gasteiger partial charge in [0.05, 0.1) is 12.2 Å². The number of carbonyl (C=O) groups is 1. The third-order valence-electron chi connectivity index (χ3n) is 3.77. The van der Waals surface area contributed by atoms with Crippen LogP contribution < -0.4 is 0 Å². The molecule has 4 rings (SSSR count). The molecule has 0 radical (unpaired) electrons. The van der Waals surface area contributed by atoms with Gasteiger partial charge in [-0.2, -0.15) is 0 Å².